The van der Waals surface area contributed by atoms with Crippen molar-refractivity contribution >= 4 is 17.2 Å². The van der Waals surface area contributed by atoms with E-state index in [0.717, 1.165) is 60.9 Å². The van der Waals surface area contributed by atoms with Crippen molar-refractivity contribution in [1.29, 1.82) is 0 Å². The van der Waals surface area contributed by atoms with Gasteiger partial charge in [0.05, 0.1) is 31.5 Å². The Hall–Kier alpha value is -2.90. The first kappa shape index (κ1) is 21.9. The maximum Gasteiger partial charge on any atom is 0.228 e. The van der Waals surface area contributed by atoms with Crippen LogP contribution in [0.3, 0.4) is 0 Å². The average molecular weight is 463 g/mol. The minimum absolute atomic E-state index is 0.194. The summed E-state index contributed by atoms with van der Waals surface area (Å²) in [4.78, 5) is 18.8. The fraction of sp³-hybridized carbons (Fsp3) is 0.385. The maximum atomic E-state index is 13.3. The number of nitrogens with zero attached hydrogens (tertiary/aromatic N) is 4. The number of hydrogen-bond acceptors (Lipinski definition) is 5. The highest BCUT2D eigenvalue weighted by Gasteiger charge is 2.35. The molecule has 172 valence electrons. The number of rotatable bonds is 9. The van der Waals surface area contributed by atoms with Crippen LogP contribution in [0.2, 0.25) is 0 Å². The fourth-order valence-electron chi connectivity index (χ4n) is 4.64. The van der Waals surface area contributed by atoms with Crippen LogP contribution >= 0.6 is 11.3 Å². The van der Waals surface area contributed by atoms with Gasteiger partial charge in [-0.1, -0.05) is 24.3 Å². The second kappa shape index (κ2) is 9.53. The van der Waals surface area contributed by atoms with Gasteiger partial charge in [0, 0.05) is 42.5 Å². The van der Waals surface area contributed by atoms with E-state index in [1.807, 2.05) is 52.5 Å². The standard InChI is InChI=1S/C26H30N4O2S/c1-3-13-28-14-12-23-21(17-28)22(27-30(23)24-8-4-5-9-25(24)32-2)18-29(19-10-11-19)26(31)16-20-7-6-15-33-20/h3-9,15,19H,1,10-14,16-18H2,2H3. The largest absolute Gasteiger partial charge is 0.494 e. The predicted octanol–water partition coefficient (Wildman–Crippen LogP) is 4.22. The Kier molecular flexibility index (Phi) is 6.33. The second-order valence-corrected chi connectivity index (χ2v) is 9.77. The number of carbonyl (C=O) groups is 1. The molecule has 0 saturated heterocycles. The highest BCUT2D eigenvalue weighted by molar-refractivity contribution is 7.10. The van der Waals surface area contributed by atoms with Crippen LogP contribution in [0, 0.1) is 0 Å². The van der Waals surface area contributed by atoms with Gasteiger partial charge in [0.1, 0.15) is 11.4 Å². The van der Waals surface area contributed by atoms with E-state index in [9.17, 15) is 4.79 Å². The van der Waals surface area contributed by atoms with E-state index >= 15 is 0 Å². The molecule has 2 aromatic heterocycles. The molecular weight excluding hydrogens is 432 g/mol. The van der Waals surface area contributed by atoms with Crippen LogP contribution in [0.4, 0.5) is 0 Å². The van der Waals surface area contributed by atoms with Crippen molar-refractivity contribution in [1.82, 2.24) is 19.6 Å². The third-order valence-electron chi connectivity index (χ3n) is 6.45. The molecule has 7 heteroatoms. The molecule has 1 amide bonds. The molecule has 1 aliphatic carbocycles. The van der Waals surface area contributed by atoms with Crippen molar-refractivity contribution in [2.45, 2.75) is 44.8 Å². The first-order chi connectivity index (χ1) is 16.2. The van der Waals surface area contributed by atoms with Gasteiger partial charge in [-0.05, 0) is 36.4 Å². The molecule has 1 saturated carbocycles. The van der Waals surface area contributed by atoms with Crippen molar-refractivity contribution in [2.75, 3.05) is 20.2 Å². The Morgan fingerprint density at radius 3 is 2.88 bits per heavy atom. The van der Waals surface area contributed by atoms with Gasteiger partial charge < -0.3 is 9.64 Å². The molecule has 0 atom stereocenters. The number of thiophene rings is 1. The van der Waals surface area contributed by atoms with E-state index in [2.05, 4.69) is 16.4 Å². The number of benzene rings is 1. The van der Waals surface area contributed by atoms with E-state index in [0.29, 0.717) is 19.0 Å². The molecule has 6 nitrogen and oxygen atoms in total. The number of hydrogen-bond donors (Lipinski definition) is 0. The van der Waals surface area contributed by atoms with Crippen LogP contribution in [-0.2, 0) is 30.7 Å². The number of aromatic nitrogens is 2. The number of methoxy groups -OCH3 is 1. The average Bonchev–Trinajstić information content (AvgIpc) is 3.43. The highest BCUT2D eigenvalue weighted by atomic mass is 32.1. The van der Waals surface area contributed by atoms with Crippen molar-refractivity contribution < 1.29 is 9.53 Å². The maximum absolute atomic E-state index is 13.3. The van der Waals surface area contributed by atoms with Gasteiger partial charge in [-0.25, -0.2) is 4.68 Å². The number of amides is 1. The zero-order valence-corrected chi connectivity index (χ0v) is 19.9. The van der Waals surface area contributed by atoms with Gasteiger partial charge in [0.15, 0.2) is 0 Å². The third-order valence-corrected chi connectivity index (χ3v) is 7.33. The van der Waals surface area contributed by atoms with E-state index < -0.39 is 0 Å². The third kappa shape index (κ3) is 4.61. The Balaban J connectivity index is 1.50. The fourth-order valence-corrected chi connectivity index (χ4v) is 5.34. The van der Waals surface area contributed by atoms with Gasteiger partial charge in [-0.2, -0.15) is 5.10 Å². The van der Waals surface area contributed by atoms with Gasteiger partial charge in [0.25, 0.3) is 0 Å². The molecule has 1 aliphatic heterocycles. The lowest BCUT2D eigenvalue weighted by Gasteiger charge is -2.27. The summed E-state index contributed by atoms with van der Waals surface area (Å²) in [6.45, 7) is 7.11. The molecule has 5 rings (SSSR count). The van der Waals surface area contributed by atoms with Crippen LogP contribution in [0.1, 0.15) is 34.7 Å². The number of para-hydroxylation sites is 2. The summed E-state index contributed by atoms with van der Waals surface area (Å²) in [6, 6.07) is 12.4. The Morgan fingerprint density at radius 2 is 2.15 bits per heavy atom. The monoisotopic (exact) mass is 462 g/mol. The number of fused-ring (bicyclic) bond motifs is 1. The molecule has 0 spiro atoms. The van der Waals surface area contributed by atoms with Crippen LogP contribution < -0.4 is 4.74 Å². The van der Waals surface area contributed by atoms with Crippen LogP contribution in [0.5, 0.6) is 5.75 Å². The lowest BCUT2D eigenvalue weighted by molar-refractivity contribution is -0.131. The molecule has 1 aromatic carbocycles. The van der Waals surface area contributed by atoms with Crippen molar-refractivity contribution in [2.24, 2.45) is 0 Å². The van der Waals surface area contributed by atoms with Crippen LogP contribution in [-0.4, -0.2) is 51.7 Å². The van der Waals surface area contributed by atoms with Gasteiger partial charge in [-0.3, -0.25) is 9.69 Å². The van der Waals surface area contributed by atoms with Gasteiger partial charge >= 0.3 is 0 Å². The Morgan fingerprint density at radius 1 is 1.30 bits per heavy atom. The zero-order valence-electron chi connectivity index (χ0n) is 19.1. The lowest BCUT2D eigenvalue weighted by Crippen LogP contribution is -2.35. The Bertz CT molecular complexity index is 1130. The summed E-state index contributed by atoms with van der Waals surface area (Å²) < 4.78 is 7.68. The predicted molar refractivity (Wildman–Crippen MR) is 131 cm³/mol. The zero-order chi connectivity index (χ0) is 22.8. The van der Waals surface area contributed by atoms with Crippen molar-refractivity contribution in [3.05, 3.63) is 76.3 Å². The normalized spacial score (nSPS) is 15.8. The van der Waals surface area contributed by atoms with Crippen molar-refractivity contribution in [3.8, 4) is 11.4 Å². The summed E-state index contributed by atoms with van der Waals surface area (Å²) in [5.41, 5.74) is 4.40. The lowest BCUT2D eigenvalue weighted by atomic mass is 10.0. The van der Waals surface area contributed by atoms with E-state index in [-0.39, 0.29) is 5.91 Å². The summed E-state index contributed by atoms with van der Waals surface area (Å²) in [6.07, 6.45) is 5.48. The van der Waals surface area contributed by atoms with E-state index in [4.69, 9.17) is 9.84 Å². The Labute approximate surface area is 199 Å². The van der Waals surface area contributed by atoms with Crippen LogP contribution in [0.15, 0.2) is 54.4 Å². The minimum atomic E-state index is 0.194. The quantitative estimate of drug-likeness (QED) is 0.447. The van der Waals surface area contributed by atoms with Crippen molar-refractivity contribution in [3.63, 3.8) is 0 Å². The highest BCUT2D eigenvalue weighted by Crippen LogP contribution is 2.33. The molecule has 1 fully saturated rings. The minimum Gasteiger partial charge on any atom is -0.494 e. The molecule has 2 aliphatic rings. The smallest absolute Gasteiger partial charge is 0.228 e. The molecule has 0 N–H and O–H groups in total. The first-order valence-corrected chi connectivity index (χ1v) is 12.4. The number of carbonyl (C=O) groups excluding carboxylic acids is 1. The summed E-state index contributed by atoms with van der Waals surface area (Å²) in [5.74, 6) is 0.995. The molecule has 3 aromatic rings. The molecular formula is C26H30N4O2S. The topological polar surface area (TPSA) is 50.6 Å². The summed E-state index contributed by atoms with van der Waals surface area (Å²) in [7, 11) is 1.69. The molecule has 33 heavy (non-hydrogen) atoms. The molecule has 0 bridgehead atoms. The SMILES string of the molecule is C=CCN1CCc2c(c(CN(C(=O)Cc3cccs3)C3CC3)nn2-c2ccccc2OC)C1. The second-order valence-electron chi connectivity index (χ2n) is 8.74. The van der Waals surface area contributed by atoms with Crippen LogP contribution in [0.25, 0.3) is 5.69 Å². The van der Waals surface area contributed by atoms with E-state index in [1.165, 1.54) is 11.3 Å². The first-order valence-electron chi connectivity index (χ1n) is 11.6. The van der Waals surface area contributed by atoms with E-state index in [1.54, 1.807) is 18.4 Å². The van der Waals surface area contributed by atoms with Gasteiger partial charge in [-0.15, -0.1) is 17.9 Å². The molecule has 3 heterocycles. The molecule has 0 unspecified atom stereocenters. The summed E-state index contributed by atoms with van der Waals surface area (Å²) in [5, 5.41) is 7.12. The molecule has 0 radical (unpaired) electrons. The number of ether oxygens (including phenoxy) is 1. The summed E-state index contributed by atoms with van der Waals surface area (Å²) >= 11 is 1.64. The van der Waals surface area contributed by atoms with Gasteiger partial charge in [0.2, 0.25) is 5.91 Å².